The van der Waals surface area contributed by atoms with Crippen molar-refractivity contribution in [3.8, 4) is 5.69 Å². The number of hydrogen-bond acceptors (Lipinski definition) is 3. The van der Waals surface area contributed by atoms with Crippen LogP contribution in [0.15, 0.2) is 66.9 Å². The molecule has 5 nitrogen and oxygen atoms in total. The Hall–Kier alpha value is -3.21. The largest absolute Gasteiger partial charge is 0.476 e. The van der Waals surface area contributed by atoms with Gasteiger partial charge in [0.1, 0.15) is 0 Å². The van der Waals surface area contributed by atoms with Gasteiger partial charge in [-0.05, 0) is 12.1 Å². The van der Waals surface area contributed by atoms with Crippen molar-refractivity contribution in [3.63, 3.8) is 0 Å². The lowest BCUT2D eigenvalue weighted by Crippen LogP contribution is -2.12. The molecule has 0 atom stereocenters. The Bertz CT molecular complexity index is 839. The Balaban J connectivity index is 1.96. The van der Waals surface area contributed by atoms with Crippen molar-refractivity contribution >= 4 is 11.8 Å². The highest BCUT2D eigenvalue weighted by Gasteiger charge is 2.21. The van der Waals surface area contributed by atoms with Gasteiger partial charge in [-0.2, -0.15) is 5.10 Å². The molecule has 0 radical (unpaired) electrons. The third kappa shape index (κ3) is 3.03. The molecule has 0 spiro atoms. The highest BCUT2D eigenvalue weighted by Crippen LogP contribution is 2.17. The van der Waals surface area contributed by atoms with E-state index in [9.17, 15) is 14.7 Å². The first kappa shape index (κ1) is 14.7. The normalized spacial score (nSPS) is 10.4. The summed E-state index contributed by atoms with van der Waals surface area (Å²) >= 11 is 0. The molecule has 0 amide bonds. The summed E-state index contributed by atoms with van der Waals surface area (Å²) < 4.78 is 1.34. The van der Waals surface area contributed by atoms with Crippen LogP contribution in [0.5, 0.6) is 0 Å². The van der Waals surface area contributed by atoms with Crippen LogP contribution in [0.2, 0.25) is 0 Å². The van der Waals surface area contributed by atoms with Crippen LogP contribution < -0.4 is 0 Å². The van der Waals surface area contributed by atoms with Crippen LogP contribution in [-0.4, -0.2) is 26.6 Å². The number of nitrogens with zero attached hydrogens (tertiary/aromatic N) is 2. The predicted octanol–water partition coefficient (Wildman–Crippen LogP) is 3.00. The van der Waals surface area contributed by atoms with Gasteiger partial charge in [-0.25, -0.2) is 9.48 Å². The van der Waals surface area contributed by atoms with Crippen molar-refractivity contribution < 1.29 is 14.7 Å². The fourth-order valence-corrected chi connectivity index (χ4v) is 2.40. The molecule has 0 saturated carbocycles. The van der Waals surface area contributed by atoms with Crippen molar-refractivity contribution in [2.45, 2.75) is 6.42 Å². The molecular formula is C18H14N2O3. The fourth-order valence-electron chi connectivity index (χ4n) is 2.40. The average molecular weight is 306 g/mol. The molecule has 0 unspecified atom stereocenters. The number of aromatic nitrogens is 2. The molecule has 114 valence electrons. The second kappa shape index (κ2) is 6.27. The number of carboxylic acids is 1. The van der Waals surface area contributed by atoms with E-state index in [0.29, 0.717) is 16.8 Å². The molecular weight excluding hydrogens is 292 g/mol. The summed E-state index contributed by atoms with van der Waals surface area (Å²) in [5.74, 6) is -1.25. The molecule has 0 aliphatic carbocycles. The van der Waals surface area contributed by atoms with Crippen molar-refractivity contribution in [2.24, 2.45) is 0 Å². The molecule has 3 rings (SSSR count). The molecule has 2 aromatic carbocycles. The van der Waals surface area contributed by atoms with Crippen molar-refractivity contribution in [3.05, 3.63) is 83.7 Å². The van der Waals surface area contributed by atoms with E-state index in [0.717, 1.165) is 0 Å². The molecule has 1 N–H and O–H groups in total. The van der Waals surface area contributed by atoms with E-state index >= 15 is 0 Å². The Morgan fingerprint density at radius 2 is 1.57 bits per heavy atom. The van der Waals surface area contributed by atoms with Gasteiger partial charge in [0.25, 0.3) is 0 Å². The van der Waals surface area contributed by atoms with Crippen LogP contribution >= 0.6 is 0 Å². The number of Topliss-reactive ketones (excluding diaryl/α,β-unsaturated/α-hetero) is 1. The van der Waals surface area contributed by atoms with Crippen LogP contribution in [0.1, 0.15) is 26.4 Å². The van der Waals surface area contributed by atoms with Gasteiger partial charge in [0.05, 0.1) is 11.9 Å². The van der Waals surface area contributed by atoms with Gasteiger partial charge >= 0.3 is 5.97 Å². The van der Waals surface area contributed by atoms with Crippen molar-refractivity contribution in [1.82, 2.24) is 9.78 Å². The van der Waals surface area contributed by atoms with E-state index in [1.165, 1.54) is 10.9 Å². The molecule has 5 heteroatoms. The second-order valence-electron chi connectivity index (χ2n) is 5.04. The van der Waals surface area contributed by atoms with Gasteiger partial charge in [0.2, 0.25) is 0 Å². The molecule has 0 fully saturated rings. The van der Waals surface area contributed by atoms with Crippen LogP contribution in [0, 0.1) is 0 Å². The molecule has 23 heavy (non-hydrogen) atoms. The highest BCUT2D eigenvalue weighted by atomic mass is 16.4. The minimum Gasteiger partial charge on any atom is -0.476 e. The van der Waals surface area contributed by atoms with Gasteiger partial charge in [-0.1, -0.05) is 48.5 Å². The maximum Gasteiger partial charge on any atom is 0.354 e. The number of carbonyl (C=O) groups is 2. The predicted molar refractivity (Wildman–Crippen MR) is 85.0 cm³/mol. The molecule has 0 aliphatic rings. The lowest BCUT2D eigenvalue weighted by Gasteiger charge is -2.06. The monoisotopic (exact) mass is 306 g/mol. The van der Waals surface area contributed by atoms with Gasteiger partial charge in [0.15, 0.2) is 11.5 Å². The molecule has 1 heterocycles. The molecule has 0 saturated heterocycles. The molecule has 0 bridgehead atoms. The van der Waals surface area contributed by atoms with E-state index in [1.54, 1.807) is 48.5 Å². The summed E-state index contributed by atoms with van der Waals surface area (Å²) in [5, 5.41) is 13.6. The molecule has 1 aromatic heterocycles. The zero-order valence-electron chi connectivity index (χ0n) is 12.2. The quantitative estimate of drug-likeness (QED) is 0.735. The number of rotatable bonds is 5. The third-order valence-electron chi connectivity index (χ3n) is 3.50. The Kier molecular flexibility index (Phi) is 4.01. The minimum absolute atomic E-state index is 0.00151. The first-order valence-electron chi connectivity index (χ1n) is 7.10. The number of hydrogen-bond donors (Lipinski definition) is 1. The summed E-state index contributed by atoms with van der Waals surface area (Å²) in [5.41, 5.74) is 1.61. The summed E-state index contributed by atoms with van der Waals surface area (Å²) in [6.45, 7) is 0. The maximum atomic E-state index is 12.3. The zero-order chi connectivity index (χ0) is 16.2. The highest BCUT2D eigenvalue weighted by molar-refractivity contribution is 5.99. The van der Waals surface area contributed by atoms with Crippen LogP contribution in [-0.2, 0) is 6.42 Å². The van der Waals surface area contributed by atoms with Crippen LogP contribution in [0.3, 0.4) is 0 Å². The number of benzene rings is 2. The SMILES string of the molecule is O=C(Cc1cnn(-c2ccccc2)c1C(=O)O)c1ccccc1. The second-order valence-corrected chi connectivity index (χ2v) is 5.04. The van der Waals surface area contributed by atoms with E-state index in [2.05, 4.69) is 5.10 Å². The Morgan fingerprint density at radius 1 is 0.957 bits per heavy atom. The number of para-hydroxylation sites is 1. The maximum absolute atomic E-state index is 12.3. The van der Waals surface area contributed by atoms with Gasteiger partial charge in [-0.15, -0.1) is 0 Å². The first-order valence-corrected chi connectivity index (χ1v) is 7.10. The number of carboxylic acid groups (broad SMARTS) is 1. The van der Waals surface area contributed by atoms with Crippen LogP contribution in [0.25, 0.3) is 5.69 Å². The smallest absolute Gasteiger partial charge is 0.354 e. The van der Waals surface area contributed by atoms with Crippen LogP contribution in [0.4, 0.5) is 0 Å². The summed E-state index contributed by atoms with van der Waals surface area (Å²) in [4.78, 5) is 23.9. The summed E-state index contributed by atoms with van der Waals surface area (Å²) in [7, 11) is 0. The Morgan fingerprint density at radius 3 is 2.17 bits per heavy atom. The minimum atomic E-state index is -1.11. The van der Waals surface area contributed by atoms with Gasteiger partial charge < -0.3 is 5.11 Å². The van der Waals surface area contributed by atoms with Crippen molar-refractivity contribution in [1.29, 1.82) is 0 Å². The number of aromatic carboxylic acids is 1. The van der Waals surface area contributed by atoms with E-state index < -0.39 is 5.97 Å². The average Bonchev–Trinajstić information content (AvgIpc) is 3.00. The third-order valence-corrected chi connectivity index (χ3v) is 3.50. The lowest BCUT2D eigenvalue weighted by molar-refractivity contribution is 0.0686. The number of carbonyl (C=O) groups excluding carboxylic acids is 1. The lowest BCUT2D eigenvalue weighted by atomic mass is 10.0. The Labute approximate surface area is 132 Å². The van der Waals surface area contributed by atoms with E-state index in [-0.39, 0.29) is 17.9 Å². The first-order chi connectivity index (χ1) is 11.2. The summed E-state index contributed by atoms with van der Waals surface area (Å²) in [6, 6.07) is 17.8. The van der Waals surface area contributed by atoms with Crippen molar-refractivity contribution in [2.75, 3.05) is 0 Å². The fraction of sp³-hybridized carbons (Fsp3) is 0.0556. The standard InChI is InChI=1S/C18H14N2O3/c21-16(13-7-3-1-4-8-13)11-14-12-19-20(17(14)18(22)23)15-9-5-2-6-10-15/h1-10,12H,11H2,(H,22,23). The topological polar surface area (TPSA) is 72.2 Å². The molecule has 0 aliphatic heterocycles. The van der Waals surface area contributed by atoms with Gasteiger partial charge in [-0.3, -0.25) is 4.79 Å². The number of ketones is 1. The summed E-state index contributed by atoms with van der Waals surface area (Å²) in [6.07, 6.45) is 1.44. The van der Waals surface area contributed by atoms with E-state index in [1.807, 2.05) is 12.1 Å². The molecule has 3 aromatic rings. The zero-order valence-corrected chi connectivity index (χ0v) is 12.2. The van der Waals surface area contributed by atoms with Gasteiger partial charge in [0, 0.05) is 17.5 Å². The van der Waals surface area contributed by atoms with E-state index in [4.69, 9.17) is 0 Å².